The van der Waals surface area contributed by atoms with Crippen molar-refractivity contribution in [1.82, 2.24) is 9.97 Å². The van der Waals surface area contributed by atoms with E-state index in [0.29, 0.717) is 12.5 Å². The number of aromatic nitrogens is 2. The quantitative estimate of drug-likeness (QED) is 0.503. The van der Waals surface area contributed by atoms with Gasteiger partial charge < -0.3 is 10.2 Å². The first kappa shape index (κ1) is 21.1. The molecule has 2 aliphatic rings. The molecule has 1 aromatic carbocycles. The number of pyridine rings is 1. The number of benzene rings is 1. The van der Waals surface area contributed by atoms with Crippen molar-refractivity contribution in [2.24, 2.45) is 0 Å². The van der Waals surface area contributed by atoms with E-state index < -0.39 is 0 Å². The SMILES string of the molecule is CC(C)N1C(=O)CCC(C)(C)c2cc(-c3csc(-c4ccnc(NC5CC5)c4)n3)ccc21. The molecule has 5 nitrogen and oxygen atoms in total. The highest BCUT2D eigenvalue weighted by molar-refractivity contribution is 7.13. The summed E-state index contributed by atoms with van der Waals surface area (Å²) in [7, 11) is 0. The van der Waals surface area contributed by atoms with Gasteiger partial charge in [-0.25, -0.2) is 9.97 Å². The molecule has 5 rings (SSSR count). The van der Waals surface area contributed by atoms with Gasteiger partial charge in [0.2, 0.25) is 5.91 Å². The van der Waals surface area contributed by atoms with Crippen molar-refractivity contribution in [2.45, 2.75) is 70.9 Å². The molecule has 3 heterocycles. The number of amides is 1. The van der Waals surface area contributed by atoms with E-state index in [1.165, 1.54) is 18.4 Å². The predicted molar refractivity (Wildman–Crippen MR) is 132 cm³/mol. The third-order valence-electron chi connectivity index (χ3n) is 6.47. The van der Waals surface area contributed by atoms with Gasteiger partial charge >= 0.3 is 0 Å². The maximum absolute atomic E-state index is 12.8. The van der Waals surface area contributed by atoms with Crippen molar-refractivity contribution in [3.8, 4) is 21.8 Å². The predicted octanol–water partition coefficient (Wildman–Crippen LogP) is 6.26. The Morgan fingerprint density at radius 2 is 1.97 bits per heavy atom. The zero-order valence-corrected chi connectivity index (χ0v) is 20.0. The topological polar surface area (TPSA) is 58.1 Å². The highest BCUT2D eigenvalue weighted by atomic mass is 32.1. The van der Waals surface area contributed by atoms with Gasteiger partial charge in [0.25, 0.3) is 0 Å². The average Bonchev–Trinajstić information content (AvgIpc) is 3.45. The van der Waals surface area contributed by atoms with Crippen LogP contribution in [0.1, 0.15) is 58.9 Å². The Labute approximate surface area is 193 Å². The number of anilines is 2. The zero-order chi connectivity index (χ0) is 22.5. The number of nitrogens with zero attached hydrogens (tertiary/aromatic N) is 3. The average molecular weight is 447 g/mol. The van der Waals surface area contributed by atoms with E-state index in [9.17, 15) is 4.79 Å². The smallest absolute Gasteiger partial charge is 0.227 e. The summed E-state index contributed by atoms with van der Waals surface area (Å²) in [5.41, 5.74) is 5.36. The Morgan fingerprint density at radius 3 is 2.72 bits per heavy atom. The number of carbonyl (C=O) groups is 1. The van der Waals surface area contributed by atoms with Gasteiger partial charge in [0.05, 0.1) is 5.69 Å². The number of fused-ring (bicyclic) bond motifs is 1. The molecule has 0 atom stereocenters. The number of nitrogens with one attached hydrogen (secondary N) is 1. The second kappa shape index (κ2) is 8.00. The molecule has 1 saturated carbocycles. The van der Waals surface area contributed by atoms with Crippen LogP contribution in [0, 0.1) is 0 Å². The lowest BCUT2D eigenvalue weighted by Crippen LogP contribution is -2.36. The maximum atomic E-state index is 12.8. The van der Waals surface area contributed by atoms with Crippen LogP contribution >= 0.6 is 11.3 Å². The van der Waals surface area contributed by atoms with E-state index in [-0.39, 0.29) is 17.4 Å². The number of hydrogen-bond donors (Lipinski definition) is 1. The Balaban J connectivity index is 1.50. The van der Waals surface area contributed by atoms with Crippen LogP contribution in [0.25, 0.3) is 21.8 Å². The van der Waals surface area contributed by atoms with Crippen LogP contribution in [-0.4, -0.2) is 28.0 Å². The van der Waals surface area contributed by atoms with Gasteiger partial charge in [0.15, 0.2) is 0 Å². The molecule has 0 unspecified atom stereocenters. The van der Waals surface area contributed by atoms with Gasteiger partial charge in [-0.3, -0.25) is 4.79 Å². The highest BCUT2D eigenvalue weighted by Crippen LogP contribution is 2.42. The first-order valence-electron chi connectivity index (χ1n) is 11.5. The summed E-state index contributed by atoms with van der Waals surface area (Å²) in [6, 6.07) is 11.3. The number of carbonyl (C=O) groups excluding carboxylic acids is 1. The molecule has 0 spiro atoms. The number of hydrogen-bond acceptors (Lipinski definition) is 5. The summed E-state index contributed by atoms with van der Waals surface area (Å²) in [5, 5.41) is 6.58. The van der Waals surface area contributed by atoms with Crippen molar-refractivity contribution in [3.63, 3.8) is 0 Å². The van der Waals surface area contributed by atoms with Crippen molar-refractivity contribution in [1.29, 1.82) is 0 Å². The van der Waals surface area contributed by atoms with Crippen LogP contribution in [0.2, 0.25) is 0 Å². The zero-order valence-electron chi connectivity index (χ0n) is 19.2. The minimum absolute atomic E-state index is 0.0715. The molecule has 166 valence electrons. The molecule has 1 amide bonds. The fourth-order valence-corrected chi connectivity index (χ4v) is 5.27. The van der Waals surface area contributed by atoms with Gasteiger partial charge in [-0.2, -0.15) is 0 Å². The molecular weight excluding hydrogens is 416 g/mol. The molecule has 6 heteroatoms. The molecular formula is C26H30N4OS. The first-order chi connectivity index (χ1) is 15.3. The summed E-state index contributed by atoms with van der Waals surface area (Å²) in [5.74, 6) is 1.13. The van der Waals surface area contributed by atoms with Crippen LogP contribution in [0.4, 0.5) is 11.5 Å². The molecule has 32 heavy (non-hydrogen) atoms. The lowest BCUT2D eigenvalue weighted by molar-refractivity contribution is -0.119. The molecule has 0 radical (unpaired) electrons. The van der Waals surface area contributed by atoms with Crippen molar-refractivity contribution in [2.75, 3.05) is 10.2 Å². The summed E-state index contributed by atoms with van der Waals surface area (Å²) in [6.45, 7) is 8.65. The molecule has 1 fully saturated rings. The van der Waals surface area contributed by atoms with Gasteiger partial charge in [-0.05, 0) is 68.4 Å². The summed E-state index contributed by atoms with van der Waals surface area (Å²) < 4.78 is 0. The van der Waals surface area contributed by atoms with Crippen molar-refractivity contribution < 1.29 is 4.79 Å². The maximum Gasteiger partial charge on any atom is 0.227 e. The van der Waals surface area contributed by atoms with Gasteiger partial charge in [0.1, 0.15) is 10.8 Å². The van der Waals surface area contributed by atoms with E-state index in [4.69, 9.17) is 4.98 Å². The van der Waals surface area contributed by atoms with Crippen molar-refractivity contribution >= 4 is 28.7 Å². The lowest BCUT2D eigenvalue weighted by Gasteiger charge is -2.30. The minimum atomic E-state index is -0.0715. The lowest BCUT2D eigenvalue weighted by atomic mass is 9.79. The Bertz CT molecular complexity index is 1160. The van der Waals surface area contributed by atoms with E-state index in [0.717, 1.165) is 39.8 Å². The first-order valence-corrected chi connectivity index (χ1v) is 12.4. The Hall–Kier alpha value is -2.73. The normalized spacial score (nSPS) is 17.9. The third kappa shape index (κ3) is 4.04. The Morgan fingerprint density at radius 1 is 1.16 bits per heavy atom. The summed E-state index contributed by atoms with van der Waals surface area (Å²) in [6.07, 6.45) is 5.73. The fourth-order valence-electron chi connectivity index (χ4n) is 4.44. The number of thiazole rings is 1. The molecule has 0 bridgehead atoms. The van der Waals surface area contributed by atoms with Gasteiger partial charge in [-0.1, -0.05) is 19.9 Å². The van der Waals surface area contributed by atoms with Gasteiger partial charge in [-0.15, -0.1) is 11.3 Å². The van der Waals surface area contributed by atoms with E-state index >= 15 is 0 Å². The van der Waals surface area contributed by atoms with Crippen LogP contribution in [-0.2, 0) is 10.2 Å². The van der Waals surface area contributed by atoms with Gasteiger partial charge in [0, 0.05) is 46.9 Å². The molecule has 1 aliphatic carbocycles. The largest absolute Gasteiger partial charge is 0.367 e. The van der Waals surface area contributed by atoms with E-state index in [1.54, 1.807) is 11.3 Å². The summed E-state index contributed by atoms with van der Waals surface area (Å²) >= 11 is 1.66. The Kier molecular flexibility index (Phi) is 5.28. The number of rotatable bonds is 5. The molecule has 3 aromatic rings. The highest BCUT2D eigenvalue weighted by Gasteiger charge is 2.34. The molecule has 1 N–H and O–H groups in total. The third-order valence-corrected chi connectivity index (χ3v) is 7.36. The van der Waals surface area contributed by atoms with E-state index in [1.807, 2.05) is 17.2 Å². The monoisotopic (exact) mass is 446 g/mol. The standard InChI is InChI=1S/C26H30N4OS/c1-16(2)30-22-8-5-17(13-20(22)26(3,4)11-9-24(30)31)21-15-32-25(29-21)18-10-12-27-23(14-18)28-19-6-7-19/h5,8,10,12-16,19H,6-7,9,11H2,1-4H3,(H,27,28). The summed E-state index contributed by atoms with van der Waals surface area (Å²) in [4.78, 5) is 24.2. The van der Waals surface area contributed by atoms with E-state index in [2.05, 4.69) is 67.6 Å². The van der Waals surface area contributed by atoms with Crippen LogP contribution in [0.15, 0.2) is 41.9 Å². The second-order valence-corrected chi connectivity index (χ2v) is 10.7. The van der Waals surface area contributed by atoms with Crippen LogP contribution < -0.4 is 10.2 Å². The molecule has 2 aromatic heterocycles. The van der Waals surface area contributed by atoms with Crippen LogP contribution in [0.3, 0.4) is 0 Å². The fraction of sp³-hybridized carbons (Fsp3) is 0.423. The molecule has 0 saturated heterocycles. The molecule has 1 aliphatic heterocycles. The second-order valence-electron chi connectivity index (χ2n) is 9.86. The van der Waals surface area contributed by atoms with Crippen molar-refractivity contribution in [3.05, 3.63) is 47.5 Å². The minimum Gasteiger partial charge on any atom is -0.367 e. The van der Waals surface area contributed by atoms with Crippen LogP contribution in [0.5, 0.6) is 0 Å².